The first-order valence-corrected chi connectivity index (χ1v) is 10.3. The molecule has 2 N–H and O–H groups in total. The molecule has 1 aromatic rings. The van der Waals surface area contributed by atoms with Crippen LogP contribution in [0.2, 0.25) is 0 Å². The predicted molar refractivity (Wildman–Crippen MR) is 95.2 cm³/mol. The Bertz CT molecular complexity index is 584. The smallest absolute Gasteiger partial charge is 0.208 e. The van der Waals surface area contributed by atoms with Crippen LogP contribution in [-0.4, -0.2) is 48.6 Å². The van der Waals surface area contributed by atoms with E-state index in [1.807, 2.05) is 6.92 Å². The summed E-state index contributed by atoms with van der Waals surface area (Å²) in [6.07, 6.45) is 3.33. The van der Waals surface area contributed by atoms with Crippen molar-refractivity contribution >= 4 is 10.0 Å². The highest BCUT2D eigenvalue weighted by Crippen LogP contribution is 2.35. The van der Waals surface area contributed by atoms with Gasteiger partial charge in [-0.25, -0.2) is 13.1 Å². The average Bonchev–Trinajstić information content (AvgIpc) is 2.95. The molecule has 3 atom stereocenters. The van der Waals surface area contributed by atoms with Crippen LogP contribution in [0.3, 0.4) is 0 Å². The Morgan fingerprint density at radius 3 is 2.38 bits per heavy atom. The monoisotopic (exact) mass is 360 g/mol. The maximum atomic E-state index is 11.5. The van der Waals surface area contributed by atoms with Crippen molar-refractivity contribution in [3.63, 3.8) is 0 Å². The van der Waals surface area contributed by atoms with Gasteiger partial charge in [0.25, 0.3) is 0 Å². The summed E-state index contributed by atoms with van der Waals surface area (Å²) in [5, 5.41) is 7.91. The van der Waals surface area contributed by atoms with Crippen molar-refractivity contribution in [2.75, 3.05) is 12.8 Å². The summed E-state index contributed by atoms with van der Waals surface area (Å²) in [7, 11) is -3.27. The quantitative estimate of drug-likeness (QED) is 0.667. The van der Waals surface area contributed by atoms with E-state index in [4.69, 9.17) is 4.74 Å². The van der Waals surface area contributed by atoms with Crippen LogP contribution in [-0.2, 0) is 14.8 Å². The predicted octanol–water partition coefficient (Wildman–Crippen LogP) is 2.30. The second-order valence-corrected chi connectivity index (χ2v) is 9.50. The lowest BCUT2D eigenvalue weighted by atomic mass is 9.78. The lowest BCUT2D eigenvalue weighted by Crippen LogP contribution is -2.45. The van der Waals surface area contributed by atoms with Crippen LogP contribution < -0.4 is 4.72 Å². The number of H-pyrrole nitrogens is 1. The van der Waals surface area contributed by atoms with E-state index in [0.717, 1.165) is 12.2 Å². The SMILES string of the molecule is CC(CC(C)(C)C(CNS(C)(=O)=O)OC(C)C(C)C)c1nnc[nH]1. The molecule has 0 bridgehead atoms. The Morgan fingerprint density at radius 2 is 1.92 bits per heavy atom. The zero-order valence-electron chi connectivity index (χ0n) is 15.8. The minimum Gasteiger partial charge on any atom is -0.373 e. The van der Waals surface area contributed by atoms with Gasteiger partial charge in [-0.3, -0.25) is 0 Å². The molecule has 0 spiro atoms. The van der Waals surface area contributed by atoms with Crippen molar-refractivity contribution in [1.29, 1.82) is 0 Å². The fourth-order valence-corrected chi connectivity index (χ4v) is 3.08. The van der Waals surface area contributed by atoms with Gasteiger partial charge in [-0.1, -0.05) is 34.6 Å². The molecule has 1 aromatic heterocycles. The number of aromatic nitrogens is 3. The second kappa shape index (κ2) is 8.40. The molecule has 0 radical (unpaired) electrons. The molecule has 0 aliphatic carbocycles. The van der Waals surface area contributed by atoms with Gasteiger partial charge >= 0.3 is 0 Å². The molecule has 0 saturated carbocycles. The third-order valence-electron chi connectivity index (χ3n) is 4.45. The van der Waals surface area contributed by atoms with Crippen LogP contribution in [0.4, 0.5) is 0 Å². The van der Waals surface area contributed by atoms with Crippen LogP contribution in [0.1, 0.15) is 59.7 Å². The van der Waals surface area contributed by atoms with E-state index in [0.29, 0.717) is 5.92 Å². The molecule has 0 fully saturated rings. The molecule has 0 aromatic carbocycles. The number of sulfonamides is 1. The summed E-state index contributed by atoms with van der Waals surface area (Å²) in [6.45, 7) is 12.7. The van der Waals surface area contributed by atoms with E-state index in [-0.39, 0.29) is 30.1 Å². The molecule has 0 aliphatic heterocycles. The Hall–Kier alpha value is -0.990. The van der Waals surface area contributed by atoms with Crippen molar-refractivity contribution < 1.29 is 13.2 Å². The number of nitrogens with one attached hydrogen (secondary N) is 2. The van der Waals surface area contributed by atoms with Gasteiger partial charge in [0.1, 0.15) is 12.2 Å². The molecule has 140 valence electrons. The van der Waals surface area contributed by atoms with Crippen molar-refractivity contribution in [2.24, 2.45) is 11.3 Å². The van der Waals surface area contributed by atoms with Crippen LogP contribution in [0.25, 0.3) is 0 Å². The van der Waals surface area contributed by atoms with Gasteiger partial charge in [-0.05, 0) is 24.7 Å². The first-order chi connectivity index (χ1) is 10.9. The molecular weight excluding hydrogens is 328 g/mol. The number of nitrogens with zero attached hydrogens (tertiary/aromatic N) is 2. The molecule has 1 rings (SSSR count). The van der Waals surface area contributed by atoms with E-state index in [1.165, 1.54) is 6.26 Å². The minimum absolute atomic E-state index is 0.0382. The molecule has 0 saturated heterocycles. The maximum Gasteiger partial charge on any atom is 0.208 e. The normalized spacial score (nSPS) is 17.0. The highest BCUT2D eigenvalue weighted by Gasteiger charge is 2.35. The highest BCUT2D eigenvalue weighted by molar-refractivity contribution is 7.88. The fraction of sp³-hybridized carbons (Fsp3) is 0.875. The third-order valence-corrected chi connectivity index (χ3v) is 5.15. The zero-order chi connectivity index (χ0) is 18.5. The number of rotatable bonds is 10. The van der Waals surface area contributed by atoms with Gasteiger partial charge in [0.2, 0.25) is 10.0 Å². The first-order valence-electron chi connectivity index (χ1n) is 8.38. The van der Waals surface area contributed by atoms with Crippen molar-refractivity contribution in [2.45, 2.75) is 66.1 Å². The molecular formula is C16H32N4O3S. The van der Waals surface area contributed by atoms with Crippen molar-refractivity contribution in [1.82, 2.24) is 19.9 Å². The van der Waals surface area contributed by atoms with Crippen LogP contribution in [0, 0.1) is 11.3 Å². The molecule has 7 nitrogen and oxygen atoms in total. The van der Waals surface area contributed by atoms with E-state index in [1.54, 1.807) is 6.33 Å². The van der Waals surface area contributed by atoms with Crippen LogP contribution in [0.15, 0.2) is 6.33 Å². The summed E-state index contributed by atoms with van der Waals surface area (Å²) in [5.74, 6) is 1.35. The maximum absolute atomic E-state index is 11.5. The summed E-state index contributed by atoms with van der Waals surface area (Å²) in [6, 6.07) is 0. The standard InChI is InChI=1S/C16H32N4O3S/c1-11(2)13(4)23-14(9-19-24(7,21)22)16(5,6)8-12(3)15-17-10-18-20-15/h10-14,19H,8-9H2,1-7H3,(H,17,18,20). The summed E-state index contributed by atoms with van der Waals surface area (Å²) >= 11 is 0. The number of aromatic amines is 1. The molecule has 0 aliphatic rings. The molecule has 1 heterocycles. The zero-order valence-corrected chi connectivity index (χ0v) is 16.6. The van der Waals surface area contributed by atoms with Gasteiger partial charge in [-0.15, -0.1) is 10.2 Å². The van der Waals surface area contributed by atoms with Crippen molar-refractivity contribution in [3.05, 3.63) is 12.2 Å². The largest absolute Gasteiger partial charge is 0.373 e. The van der Waals surface area contributed by atoms with E-state index in [9.17, 15) is 8.42 Å². The molecule has 0 amide bonds. The van der Waals surface area contributed by atoms with Gasteiger partial charge in [0, 0.05) is 12.5 Å². The topological polar surface area (TPSA) is 97.0 Å². The molecule has 24 heavy (non-hydrogen) atoms. The van der Waals surface area contributed by atoms with Gasteiger partial charge in [0.15, 0.2) is 0 Å². The summed E-state index contributed by atoms with van der Waals surface area (Å²) < 4.78 is 31.8. The number of ether oxygens (including phenoxy) is 1. The van der Waals surface area contributed by atoms with E-state index >= 15 is 0 Å². The Kier molecular flexibility index (Phi) is 7.37. The first kappa shape index (κ1) is 21.1. The minimum atomic E-state index is -3.27. The van der Waals surface area contributed by atoms with Crippen LogP contribution in [0.5, 0.6) is 0 Å². The lowest BCUT2D eigenvalue weighted by Gasteiger charge is -2.38. The fourth-order valence-electron chi connectivity index (χ4n) is 2.62. The van der Waals surface area contributed by atoms with Gasteiger partial charge < -0.3 is 9.72 Å². The Morgan fingerprint density at radius 1 is 1.29 bits per heavy atom. The van der Waals surface area contributed by atoms with Gasteiger partial charge in [0.05, 0.1) is 18.5 Å². The summed E-state index contributed by atoms with van der Waals surface area (Å²) in [4.78, 5) is 3.04. The van der Waals surface area contributed by atoms with Gasteiger partial charge in [-0.2, -0.15) is 0 Å². The average molecular weight is 361 g/mol. The summed E-state index contributed by atoms with van der Waals surface area (Å²) in [5.41, 5.74) is -0.243. The number of hydrogen-bond acceptors (Lipinski definition) is 5. The van der Waals surface area contributed by atoms with Crippen molar-refractivity contribution in [3.8, 4) is 0 Å². The third kappa shape index (κ3) is 6.86. The van der Waals surface area contributed by atoms with E-state index < -0.39 is 10.0 Å². The lowest BCUT2D eigenvalue weighted by molar-refractivity contribution is -0.0812. The molecule has 8 heteroatoms. The Labute approximate surface area is 146 Å². The van der Waals surface area contributed by atoms with Crippen LogP contribution >= 0.6 is 0 Å². The highest BCUT2D eigenvalue weighted by atomic mass is 32.2. The number of hydrogen-bond donors (Lipinski definition) is 2. The van der Waals surface area contributed by atoms with E-state index in [2.05, 4.69) is 54.5 Å². The Balaban J connectivity index is 2.87. The molecule has 3 unspecified atom stereocenters. The second-order valence-electron chi connectivity index (χ2n) is 7.66.